The lowest BCUT2D eigenvalue weighted by molar-refractivity contribution is 0.102. The molecule has 5 heteroatoms. The smallest absolute Gasteiger partial charge is 0.255 e. The SMILES string of the molecule is Cn1cnc2cc(C(=O)Nc3ccccc3F)ccc21. The summed E-state index contributed by atoms with van der Waals surface area (Å²) in [4.78, 5) is 16.3. The van der Waals surface area contributed by atoms with Crippen molar-refractivity contribution >= 4 is 22.6 Å². The monoisotopic (exact) mass is 269 g/mol. The van der Waals surface area contributed by atoms with Gasteiger partial charge < -0.3 is 9.88 Å². The first kappa shape index (κ1) is 12.3. The molecule has 0 saturated carbocycles. The molecule has 0 atom stereocenters. The standard InChI is InChI=1S/C15H12FN3O/c1-19-9-17-13-8-10(6-7-14(13)19)15(20)18-12-5-3-2-4-11(12)16/h2-9H,1H3,(H,18,20). The van der Waals surface area contributed by atoms with Gasteiger partial charge in [0.2, 0.25) is 0 Å². The zero-order valence-corrected chi connectivity index (χ0v) is 10.8. The molecule has 0 bridgehead atoms. The van der Waals surface area contributed by atoms with Crippen molar-refractivity contribution in [2.75, 3.05) is 5.32 Å². The van der Waals surface area contributed by atoms with Gasteiger partial charge in [0.25, 0.3) is 5.91 Å². The Morgan fingerprint density at radius 1 is 1.25 bits per heavy atom. The third-order valence-electron chi connectivity index (χ3n) is 3.11. The van der Waals surface area contributed by atoms with E-state index < -0.39 is 5.82 Å². The molecule has 3 rings (SSSR count). The molecule has 0 radical (unpaired) electrons. The third-order valence-corrected chi connectivity index (χ3v) is 3.11. The molecule has 100 valence electrons. The third kappa shape index (κ3) is 2.14. The Labute approximate surface area is 114 Å². The van der Waals surface area contributed by atoms with Crippen molar-refractivity contribution in [2.24, 2.45) is 7.05 Å². The Morgan fingerprint density at radius 2 is 2.05 bits per heavy atom. The zero-order valence-electron chi connectivity index (χ0n) is 10.8. The van der Waals surface area contributed by atoms with E-state index in [2.05, 4.69) is 10.3 Å². The Hall–Kier alpha value is -2.69. The Bertz CT molecular complexity index is 795. The van der Waals surface area contributed by atoms with E-state index in [9.17, 15) is 9.18 Å². The number of nitrogens with one attached hydrogen (secondary N) is 1. The molecule has 0 unspecified atom stereocenters. The van der Waals surface area contributed by atoms with E-state index in [1.54, 1.807) is 30.6 Å². The molecule has 1 aromatic heterocycles. The maximum Gasteiger partial charge on any atom is 0.255 e. The van der Waals surface area contributed by atoms with E-state index in [1.165, 1.54) is 12.1 Å². The van der Waals surface area contributed by atoms with Crippen molar-refractivity contribution in [1.82, 2.24) is 9.55 Å². The summed E-state index contributed by atoms with van der Waals surface area (Å²) >= 11 is 0. The molecule has 0 aliphatic carbocycles. The minimum atomic E-state index is -0.459. The van der Waals surface area contributed by atoms with Gasteiger partial charge in [-0.2, -0.15) is 0 Å². The van der Waals surface area contributed by atoms with Crippen LogP contribution in [0.4, 0.5) is 10.1 Å². The fourth-order valence-corrected chi connectivity index (χ4v) is 2.03. The fraction of sp³-hybridized carbons (Fsp3) is 0.0667. The van der Waals surface area contributed by atoms with E-state index in [1.807, 2.05) is 17.7 Å². The van der Waals surface area contributed by atoms with Crippen LogP contribution in [-0.2, 0) is 7.05 Å². The molecular formula is C15H12FN3O. The number of amides is 1. The Morgan fingerprint density at radius 3 is 2.85 bits per heavy atom. The fourth-order valence-electron chi connectivity index (χ4n) is 2.03. The first-order chi connectivity index (χ1) is 9.65. The summed E-state index contributed by atoms with van der Waals surface area (Å²) in [6.07, 6.45) is 1.68. The first-order valence-corrected chi connectivity index (χ1v) is 6.12. The molecule has 0 fully saturated rings. The highest BCUT2D eigenvalue weighted by molar-refractivity contribution is 6.05. The van der Waals surface area contributed by atoms with Crippen LogP contribution in [0, 0.1) is 5.82 Å². The largest absolute Gasteiger partial charge is 0.334 e. The number of halogens is 1. The number of para-hydroxylation sites is 1. The van der Waals surface area contributed by atoms with Crippen molar-refractivity contribution < 1.29 is 9.18 Å². The highest BCUT2D eigenvalue weighted by Crippen LogP contribution is 2.17. The number of nitrogens with zero attached hydrogens (tertiary/aromatic N) is 2. The molecule has 3 aromatic rings. The second-order valence-electron chi connectivity index (χ2n) is 4.49. The average Bonchev–Trinajstić information content (AvgIpc) is 2.82. The van der Waals surface area contributed by atoms with Gasteiger partial charge in [0.15, 0.2) is 0 Å². The molecule has 0 spiro atoms. The number of carbonyl (C=O) groups is 1. The number of fused-ring (bicyclic) bond motifs is 1. The van der Waals surface area contributed by atoms with Gasteiger partial charge in [0.1, 0.15) is 5.82 Å². The molecule has 1 heterocycles. The van der Waals surface area contributed by atoms with Crippen molar-refractivity contribution in [2.45, 2.75) is 0 Å². The van der Waals surface area contributed by atoms with E-state index in [-0.39, 0.29) is 11.6 Å². The number of imidazole rings is 1. The van der Waals surface area contributed by atoms with Gasteiger partial charge in [-0.1, -0.05) is 12.1 Å². The number of rotatable bonds is 2. The van der Waals surface area contributed by atoms with Crippen molar-refractivity contribution in [3.63, 3.8) is 0 Å². The maximum absolute atomic E-state index is 13.5. The number of hydrogen-bond donors (Lipinski definition) is 1. The number of hydrogen-bond acceptors (Lipinski definition) is 2. The molecular weight excluding hydrogens is 257 g/mol. The van der Waals surface area contributed by atoms with Crippen LogP contribution < -0.4 is 5.32 Å². The summed E-state index contributed by atoms with van der Waals surface area (Å²) in [6.45, 7) is 0. The zero-order chi connectivity index (χ0) is 14.1. The van der Waals surface area contributed by atoms with Gasteiger partial charge in [0, 0.05) is 12.6 Å². The second kappa shape index (κ2) is 4.77. The lowest BCUT2D eigenvalue weighted by Gasteiger charge is -2.06. The number of aryl methyl sites for hydroxylation is 1. The van der Waals surface area contributed by atoms with Crippen LogP contribution in [-0.4, -0.2) is 15.5 Å². The van der Waals surface area contributed by atoms with Crippen LogP contribution in [0.15, 0.2) is 48.8 Å². The first-order valence-electron chi connectivity index (χ1n) is 6.12. The molecule has 20 heavy (non-hydrogen) atoms. The predicted octanol–water partition coefficient (Wildman–Crippen LogP) is 2.96. The van der Waals surface area contributed by atoms with Crippen molar-refractivity contribution in [3.05, 3.63) is 60.2 Å². The van der Waals surface area contributed by atoms with Gasteiger partial charge in [-0.3, -0.25) is 4.79 Å². The Kier molecular flexibility index (Phi) is 2.95. The predicted molar refractivity (Wildman–Crippen MR) is 75.1 cm³/mol. The maximum atomic E-state index is 13.5. The number of benzene rings is 2. The van der Waals surface area contributed by atoms with Crippen LogP contribution in [0.25, 0.3) is 11.0 Å². The minimum absolute atomic E-state index is 0.165. The second-order valence-corrected chi connectivity index (χ2v) is 4.49. The summed E-state index contributed by atoms with van der Waals surface area (Å²) in [5.41, 5.74) is 2.28. The Balaban J connectivity index is 1.91. The van der Waals surface area contributed by atoms with Gasteiger partial charge >= 0.3 is 0 Å². The van der Waals surface area contributed by atoms with Crippen LogP contribution in [0.1, 0.15) is 10.4 Å². The highest BCUT2D eigenvalue weighted by Gasteiger charge is 2.10. The van der Waals surface area contributed by atoms with Crippen LogP contribution >= 0.6 is 0 Å². The topological polar surface area (TPSA) is 46.9 Å². The number of aromatic nitrogens is 2. The molecule has 2 aromatic carbocycles. The number of carbonyl (C=O) groups excluding carboxylic acids is 1. The summed E-state index contributed by atoms with van der Waals surface area (Å²) in [7, 11) is 1.88. The van der Waals surface area contributed by atoms with Gasteiger partial charge in [0.05, 0.1) is 23.0 Å². The van der Waals surface area contributed by atoms with Crippen LogP contribution in [0.5, 0.6) is 0 Å². The molecule has 1 amide bonds. The molecule has 1 N–H and O–H groups in total. The molecule has 4 nitrogen and oxygen atoms in total. The summed E-state index contributed by atoms with van der Waals surface area (Å²) < 4.78 is 15.4. The molecule has 0 aliphatic heterocycles. The average molecular weight is 269 g/mol. The van der Waals surface area contributed by atoms with Crippen molar-refractivity contribution in [1.29, 1.82) is 0 Å². The van der Waals surface area contributed by atoms with Crippen molar-refractivity contribution in [3.8, 4) is 0 Å². The van der Waals surface area contributed by atoms with Gasteiger partial charge in [-0.05, 0) is 30.3 Å². The molecule has 0 saturated heterocycles. The van der Waals surface area contributed by atoms with Gasteiger partial charge in [-0.15, -0.1) is 0 Å². The van der Waals surface area contributed by atoms with Crippen LogP contribution in [0.3, 0.4) is 0 Å². The summed E-state index contributed by atoms with van der Waals surface area (Å²) in [5, 5.41) is 2.55. The van der Waals surface area contributed by atoms with E-state index >= 15 is 0 Å². The van der Waals surface area contributed by atoms with E-state index in [0.717, 1.165) is 11.0 Å². The molecule has 0 aliphatic rings. The quantitative estimate of drug-likeness (QED) is 0.777. The van der Waals surface area contributed by atoms with E-state index in [4.69, 9.17) is 0 Å². The van der Waals surface area contributed by atoms with Gasteiger partial charge in [-0.25, -0.2) is 9.37 Å². The summed E-state index contributed by atoms with van der Waals surface area (Å²) in [6, 6.07) is 11.3. The lowest BCUT2D eigenvalue weighted by Crippen LogP contribution is -2.12. The lowest BCUT2D eigenvalue weighted by atomic mass is 10.2. The normalized spacial score (nSPS) is 10.7. The van der Waals surface area contributed by atoms with E-state index in [0.29, 0.717) is 5.56 Å². The number of anilines is 1. The minimum Gasteiger partial charge on any atom is -0.334 e. The summed E-state index contributed by atoms with van der Waals surface area (Å²) in [5.74, 6) is -0.817. The van der Waals surface area contributed by atoms with Crippen LogP contribution in [0.2, 0.25) is 0 Å². The highest BCUT2D eigenvalue weighted by atomic mass is 19.1.